The summed E-state index contributed by atoms with van der Waals surface area (Å²) in [6.45, 7) is 6.91. The van der Waals surface area contributed by atoms with Gasteiger partial charge in [0.25, 0.3) is 0 Å². The smallest absolute Gasteiger partial charge is 0.0970 e. The SMILES string of the molecule is CC(C)(C)S(=O)NCCC1CCC1. The van der Waals surface area contributed by atoms with Crippen molar-refractivity contribution in [2.75, 3.05) is 6.54 Å². The molecule has 3 heteroatoms. The van der Waals surface area contributed by atoms with Crippen LogP contribution in [0.25, 0.3) is 0 Å². The van der Waals surface area contributed by atoms with Gasteiger partial charge in [-0.05, 0) is 33.1 Å². The predicted molar refractivity (Wildman–Crippen MR) is 57.9 cm³/mol. The molecule has 1 unspecified atom stereocenters. The van der Waals surface area contributed by atoms with Crippen molar-refractivity contribution in [1.82, 2.24) is 4.72 Å². The fourth-order valence-corrected chi connectivity index (χ4v) is 2.09. The molecule has 0 amide bonds. The average molecular weight is 203 g/mol. The molecule has 0 aromatic rings. The van der Waals surface area contributed by atoms with E-state index in [2.05, 4.69) is 4.72 Å². The van der Waals surface area contributed by atoms with Gasteiger partial charge in [0.15, 0.2) is 0 Å². The zero-order valence-corrected chi connectivity index (χ0v) is 9.75. The Morgan fingerprint density at radius 2 is 2.00 bits per heavy atom. The Bertz CT molecular complexity index is 182. The molecule has 1 aliphatic carbocycles. The van der Waals surface area contributed by atoms with E-state index in [1.165, 1.54) is 25.7 Å². The molecule has 0 aromatic carbocycles. The zero-order chi connectivity index (χ0) is 9.90. The number of rotatable bonds is 4. The van der Waals surface area contributed by atoms with E-state index >= 15 is 0 Å². The molecule has 1 atom stereocenters. The summed E-state index contributed by atoms with van der Waals surface area (Å²) in [6, 6.07) is 0. The Labute approximate surface area is 84.1 Å². The van der Waals surface area contributed by atoms with Crippen molar-refractivity contribution < 1.29 is 4.21 Å². The molecule has 13 heavy (non-hydrogen) atoms. The molecule has 0 spiro atoms. The maximum Gasteiger partial charge on any atom is 0.0970 e. The van der Waals surface area contributed by atoms with E-state index in [1.807, 2.05) is 20.8 Å². The van der Waals surface area contributed by atoms with Crippen LogP contribution in [0.15, 0.2) is 0 Å². The highest BCUT2D eigenvalue weighted by Gasteiger charge is 2.20. The number of hydrogen-bond donors (Lipinski definition) is 1. The van der Waals surface area contributed by atoms with Gasteiger partial charge in [-0.1, -0.05) is 19.3 Å². The standard InChI is InChI=1S/C10H21NOS/c1-10(2,3)13(12)11-8-7-9-5-4-6-9/h9,11H,4-8H2,1-3H3. The second-order valence-electron chi connectivity index (χ2n) is 4.86. The Morgan fingerprint density at radius 1 is 1.38 bits per heavy atom. The third kappa shape index (κ3) is 3.77. The number of nitrogens with one attached hydrogen (secondary N) is 1. The van der Waals surface area contributed by atoms with E-state index in [0.29, 0.717) is 0 Å². The van der Waals surface area contributed by atoms with Crippen molar-refractivity contribution >= 4 is 11.0 Å². The first-order valence-corrected chi connectivity index (χ1v) is 6.30. The molecule has 0 saturated heterocycles. The molecule has 0 aromatic heterocycles. The molecule has 1 rings (SSSR count). The molecular weight excluding hydrogens is 182 g/mol. The minimum Gasteiger partial charge on any atom is -0.242 e. The second kappa shape index (κ2) is 4.56. The highest BCUT2D eigenvalue weighted by atomic mass is 32.2. The Kier molecular flexibility index (Phi) is 3.92. The summed E-state index contributed by atoms with van der Waals surface area (Å²) in [4.78, 5) is 0. The normalized spacial score (nSPS) is 21.2. The van der Waals surface area contributed by atoms with Crippen molar-refractivity contribution in [3.05, 3.63) is 0 Å². The maximum absolute atomic E-state index is 11.6. The Hall–Kier alpha value is 0.110. The van der Waals surface area contributed by atoms with Gasteiger partial charge in [-0.25, -0.2) is 8.93 Å². The monoisotopic (exact) mass is 203 g/mol. The minimum absolute atomic E-state index is 0.125. The summed E-state index contributed by atoms with van der Waals surface area (Å²) >= 11 is 0. The quantitative estimate of drug-likeness (QED) is 0.746. The summed E-state index contributed by atoms with van der Waals surface area (Å²) in [5.74, 6) is 0.907. The third-order valence-corrected chi connectivity index (χ3v) is 4.15. The van der Waals surface area contributed by atoms with Crippen LogP contribution in [-0.2, 0) is 11.0 Å². The molecule has 0 bridgehead atoms. The van der Waals surface area contributed by atoms with E-state index < -0.39 is 11.0 Å². The van der Waals surface area contributed by atoms with Gasteiger partial charge in [-0.15, -0.1) is 0 Å². The van der Waals surface area contributed by atoms with Gasteiger partial charge in [0.2, 0.25) is 0 Å². The second-order valence-corrected chi connectivity index (χ2v) is 6.91. The van der Waals surface area contributed by atoms with Gasteiger partial charge in [0, 0.05) is 6.54 Å². The third-order valence-electron chi connectivity index (χ3n) is 2.57. The predicted octanol–water partition coefficient (Wildman–Crippen LogP) is 2.23. The van der Waals surface area contributed by atoms with Gasteiger partial charge < -0.3 is 0 Å². The Morgan fingerprint density at radius 3 is 2.38 bits per heavy atom. The summed E-state index contributed by atoms with van der Waals surface area (Å²) < 4.78 is 14.5. The minimum atomic E-state index is -0.882. The summed E-state index contributed by atoms with van der Waals surface area (Å²) in [7, 11) is -0.882. The lowest BCUT2D eigenvalue weighted by molar-refractivity contribution is 0.297. The zero-order valence-electron chi connectivity index (χ0n) is 8.93. The molecule has 1 aliphatic rings. The Balaban J connectivity index is 2.08. The average Bonchev–Trinajstić information content (AvgIpc) is 1.91. The fraction of sp³-hybridized carbons (Fsp3) is 1.00. The van der Waals surface area contributed by atoms with Crippen LogP contribution in [0.2, 0.25) is 0 Å². The summed E-state index contributed by atoms with van der Waals surface area (Å²) in [5, 5.41) is 0. The van der Waals surface area contributed by atoms with Crippen LogP contribution in [0.4, 0.5) is 0 Å². The first-order valence-electron chi connectivity index (χ1n) is 5.15. The van der Waals surface area contributed by atoms with Crippen LogP contribution in [0.1, 0.15) is 46.5 Å². The molecule has 1 fully saturated rings. The van der Waals surface area contributed by atoms with Crippen LogP contribution >= 0.6 is 0 Å². The molecule has 78 valence electrons. The first kappa shape index (κ1) is 11.2. The molecule has 1 N–H and O–H groups in total. The van der Waals surface area contributed by atoms with Gasteiger partial charge in [0.05, 0.1) is 15.7 Å². The van der Waals surface area contributed by atoms with Crippen molar-refractivity contribution in [2.45, 2.75) is 51.2 Å². The van der Waals surface area contributed by atoms with Crippen LogP contribution in [0, 0.1) is 5.92 Å². The molecule has 0 aliphatic heterocycles. The van der Waals surface area contributed by atoms with E-state index in [0.717, 1.165) is 12.5 Å². The molecule has 0 radical (unpaired) electrons. The van der Waals surface area contributed by atoms with Crippen molar-refractivity contribution in [3.8, 4) is 0 Å². The molecular formula is C10H21NOS. The fourth-order valence-electron chi connectivity index (χ4n) is 1.35. The molecule has 2 nitrogen and oxygen atoms in total. The lowest BCUT2D eigenvalue weighted by atomic mass is 9.83. The van der Waals surface area contributed by atoms with E-state index in [1.54, 1.807) is 0 Å². The van der Waals surface area contributed by atoms with Gasteiger partial charge in [0.1, 0.15) is 0 Å². The summed E-state index contributed by atoms with van der Waals surface area (Å²) in [6.07, 6.45) is 5.35. The van der Waals surface area contributed by atoms with Gasteiger partial charge in [-0.2, -0.15) is 0 Å². The van der Waals surface area contributed by atoms with Crippen LogP contribution in [0.5, 0.6) is 0 Å². The lowest BCUT2D eigenvalue weighted by Gasteiger charge is -2.26. The highest BCUT2D eigenvalue weighted by Crippen LogP contribution is 2.28. The topological polar surface area (TPSA) is 29.1 Å². The first-order chi connectivity index (χ1) is 6.00. The van der Waals surface area contributed by atoms with Gasteiger partial charge >= 0.3 is 0 Å². The highest BCUT2D eigenvalue weighted by molar-refractivity contribution is 7.84. The lowest BCUT2D eigenvalue weighted by Crippen LogP contribution is -2.34. The van der Waals surface area contributed by atoms with E-state index in [-0.39, 0.29) is 4.75 Å². The van der Waals surface area contributed by atoms with Crippen LogP contribution in [-0.4, -0.2) is 15.5 Å². The van der Waals surface area contributed by atoms with Crippen molar-refractivity contribution in [1.29, 1.82) is 0 Å². The number of hydrogen-bond acceptors (Lipinski definition) is 1. The van der Waals surface area contributed by atoms with Crippen molar-refractivity contribution in [3.63, 3.8) is 0 Å². The van der Waals surface area contributed by atoms with Gasteiger partial charge in [-0.3, -0.25) is 0 Å². The van der Waals surface area contributed by atoms with E-state index in [4.69, 9.17) is 0 Å². The van der Waals surface area contributed by atoms with Crippen LogP contribution < -0.4 is 4.72 Å². The molecule has 1 saturated carbocycles. The van der Waals surface area contributed by atoms with Crippen LogP contribution in [0.3, 0.4) is 0 Å². The maximum atomic E-state index is 11.6. The van der Waals surface area contributed by atoms with Crippen molar-refractivity contribution in [2.24, 2.45) is 5.92 Å². The largest absolute Gasteiger partial charge is 0.242 e. The molecule has 0 heterocycles. The van der Waals surface area contributed by atoms with E-state index in [9.17, 15) is 4.21 Å². The summed E-state index contributed by atoms with van der Waals surface area (Å²) in [5.41, 5.74) is 0.